The van der Waals surface area contributed by atoms with Crippen LogP contribution in [0.1, 0.15) is 19.3 Å². The monoisotopic (exact) mass is 236 g/mol. The lowest BCUT2D eigenvalue weighted by molar-refractivity contribution is -0.248. The third kappa shape index (κ3) is 1.43. The molecule has 4 nitrogen and oxygen atoms in total. The molecular formula is C10H14F2O4. The Morgan fingerprint density at radius 3 is 2.31 bits per heavy atom. The Hall–Kier alpha value is -0.750. The first-order chi connectivity index (χ1) is 7.35. The Morgan fingerprint density at radius 1 is 1.38 bits per heavy atom. The quantitative estimate of drug-likeness (QED) is 0.718. The second-order valence-corrected chi connectivity index (χ2v) is 4.63. The fourth-order valence-corrected chi connectivity index (χ4v) is 2.54. The van der Waals surface area contributed by atoms with Crippen molar-refractivity contribution in [1.82, 2.24) is 0 Å². The summed E-state index contributed by atoms with van der Waals surface area (Å²) in [6.07, 6.45) is -1.12. The van der Waals surface area contributed by atoms with Crippen molar-refractivity contribution in [2.75, 3.05) is 20.3 Å². The van der Waals surface area contributed by atoms with Gasteiger partial charge in [0.05, 0.1) is 20.3 Å². The Labute approximate surface area is 91.5 Å². The van der Waals surface area contributed by atoms with Crippen LogP contribution < -0.4 is 0 Å². The number of methoxy groups -OCH3 is 1. The third-order valence-electron chi connectivity index (χ3n) is 3.63. The summed E-state index contributed by atoms with van der Waals surface area (Å²) < 4.78 is 35.9. The van der Waals surface area contributed by atoms with Crippen LogP contribution in [0.4, 0.5) is 8.78 Å². The summed E-state index contributed by atoms with van der Waals surface area (Å²) in [7, 11) is 1.14. The molecule has 0 bridgehead atoms. The van der Waals surface area contributed by atoms with Crippen molar-refractivity contribution in [3.05, 3.63) is 0 Å². The smallest absolute Gasteiger partial charge is 0.315 e. The van der Waals surface area contributed by atoms with E-state index in [2.05, 4.69) is 4.74 Å². The molecule has 2 aliphatic rings. The maximum atomic E-state index is 13.3. The van der Waals surface area contributed by atoms with E-state index in [1.165, 1.54) is 0 Å². The number of halogens is 2. The Kier molecular flexibility index (Phi) is 2.47. The molecule has 0 spiro atoms. The number of ether oxygens (including phenoxy) is 2. The molecule has 1 aliphatic heterocycles. The Bertz CT molecular complexity index is 314. The highest BCUT2D eigenvalue weighted by Gasteiger charge is 2.67. The molecule has 1 saturated carbocycles. The van der Waals surface area contributed by atoms with Gasteiger partial charge in [-0.3, -0.25) is 4.79 Å². The number of alkyl halides is 2. The molecule has 1 N–H and O–H groups in total. The molecule has 0 aromatic heterocycles. The van der Waals surface area contributed by atoms with Gasteiger partial charge in [-0.1, -0.05) is 0 Å². The van der Waals surface area contributed by atoms with Crippen LogP contribution in [0, 0.1) is 5.41 Å². The number of rotatable bonds is 2. The molecule has 0 aromatic carbocycles. The number of carbonyl (C=O) groups excluding carboxylic acids is 1. The summed E-state index contributed by atoms with van der Waals surface area (Å²) >= 11 is 0. The van der Waals surface area contributed by atoms with E-state index < -0.39 is 35.7 Å². The second-order valence-electron chi connectivity index (χ2n) is 4.63. The maximum Gasteiger partial charge on any atom is 0.315 e. The lowest BCUT2D eigenvalue weighted by atomic mass is 9.69. The molecule has 2 rings (SSSR count). The summed E-state index contributed by atoms with van der Waals surface area (Å²) in [6, 6.07) is 0. The van der Waals surface area contributed by atoms with E-state index >= 15 is 0 Å². The minimum absolute atomic E-state index is 0.0630. The number of carbonyl (C=O) groups is 1. The number of esters is 1. The maximum absolute atomic E-state index is 13.3. The van der Waals surface area contributed by atoms with Gasteiger partial charge in [0.25, 0.3) is 0 Å². The van der Waals surface area contributed by atoms with E-state index in [-0.39, 0.29) is 19.6 Å². The molecule has 1 unspecified atom stereocenters. The summed E-state index contributed by atoms with van der Waals surface area (Å²) in [4.78, 5) is 11.7. The van der Waals surface area contributed by atoms with Crippen LogP contribution in [0.2, 0.25) is 0 Å². The van der Waals surface area contributed by atoms with Crippen LogP contribution >= 0.6 is 0 Å². The fourth-order valence-electron chi connectivity index (χ4n) is 2.54. The van der Waals surface area contributed by atoms with Crippen LogP contribution in [0.25, 0.3) is 0 Å². The zero-order valence-electron chi connectivity index (χ0n) is 8.96. The van der Waals surface area contributed by atoms with Gasteiger partial charge in [-0.2, -0.15) is 0 Å². The van der Waals surface area contributed by atoms with Crippen LogP contribution in [-0.2, 0) is 14.3 Å². The van der Waals surface area contributed by atoms with Gasteiger partial charge in [0.2, 0.25) is 5.92 Å². The van der Waals surface area contributed by atoms with Crippen molar-refractivity contribution in [3.8, 4) is 0 Å². The van der Waals surface area contributed by atoms with Gasteiger partial charge < -0.3 is 14.6 Å². The largest absolute Gasteiger partial charge is 0.469 e. The second kappa shape index (κ2) is 3.37. The van der Waals surface area contributed by atoms with Gasteiger partial charge in [0, 0.05) is 12.8 Å². The van der Waals surface area contributed by atoms with Gasteiger partial charge in [-0.05, 0) is 6.42 Å². The standard InChI is InChI=1S/C10H14F2O4/c1-15-7(13)8(9(14)5-16-6-9)2-3-10(11,12)4-8/h14H,2-6H2,1H3. The lowest BCUT2D eigenvalue weighted by Crippen LogP contribution is -2.64. The van der Waals surface area contributed by atoms with Crippen LogP contribution in [0.3, 0.4) is 0 Å². The molecule has 0 amide bonds. The van der Waals surface area contributed by atoms with Crippen LogP contribution in [-0.4, -0.2) is 42.9 Å². The molecule has 6 heteroatoms. The summed E-state index contributed by atoms with van der Waals surface area (Å²) in [5.41, 5.74) is -3.01. The SMILES string of the molecule is COC(=O)C1(C2(O)COC2)CCC(F)(F)C1. The molecule has 2 fully saturated rings. The van der Waals surface area contributed by atoms with Crippen molar-refractivity contribution in [2.24, 2.45) is 5.41 Å². The number of aliphatic hydroxyl groups is 1. The minimum Gasteiger partial charge on any atom is -0.469 e. The Balaban J connectivity index is 2.31. The first kappa shape index (κ1) is 11.7. The molecule has 92 valence electrons. The van der Waals surface area contributed by atoms with Gasteiger partial charge in [0.1, 0.15) is 11.0 Å². The average Bonchev–Trinajstić information content (AvgIpc) is 2.51. The first-order valence-electron chi connectivity index (χ1n) is 5.12. The number of hydrogen-bond donors (Lipinski definition) is 1. The highest BCUT2D eigenvalue weighted by molar-refractivity contribution is 5.79. The van der Waals surface area contributed by atoms with Crippen molar-refractivity contribution in [1.29, 1.82) is 0 Å². The summed E-state index contributed by atoms with van der Waals surface area (Å²) in [6.45, 7) is -0.170. The molecule has 1 heterocycles. The summed E-state index contributed by atoms with van der Waals surface area (Å²) in [5.74, 6) is -3.69. The summed E-state index contributed by atoms with van der Waals surface area (Å²) in [5, 5.41) is 10.1. The predicted octanol–water partition coefficient (Wildman–Crippen LogP) is 0.726. The molecule has 1 saturated heterocycles. The normalized spacial score (nSPS) is 35.5. The van der Waals surface area contributed by atoms with E-state index in [9.17, 15) is 18.7 Å². The zero-order valence-corrected chi connectivity index (χ0v) is 8.96. The van der Waals surface area contributed by atoms with E-state index in [4.69, 9.17) is 4.74 Å². The molecule has 0 radical (unpaired) electrons. The van der Waals surface area contributed by atoms with E-state index in [0.29, 0.717) is 0 Å². The fraction of sp³-hybridized carbons (Fsp3) is 0.900. The van der Waals surface area contributed by atoms with Crippen molar-refractivity contribution < 1.29 is 28.2 Å². The molecule has 0 aromatic rings. The van der Waals surface area contributed by atoms with Crippen molar-refractivity contribution >= 4 is 5.97 Å². The molecular weight excluding hydrogens is 222 g/mol. The third-order valence-corrected chi connectivity index (χ3v) is 3.63. The molecule has 1 atom stereocenters. The Morgan fingerprint density at radius 2 is 2.00 bits per heavy atom. The van der Waals surface area contributed by atoms with Gasteiger partial charge >= 0.3 is 5.97 Å². The topological polar surface area (TPSA) is 55.8 Å². The van der Waals surface area contributed by atoms with Gasteiger partial charge in [0.15, 0.2) is 0 Å². The molecule has 16 heavy (non-hydrogen) atoms. The van der Waals surface area contributed by atoms with E-state index in [0.717, 1.165) is 7.11 Å². The highest BCUT2D eigenvalue weighted by Crippen LogP contribution is 2.55. The van der Waals surface area contributed by atoms with Gasteiger partial charge in [-0.15, -0.1) is 0 Å². The average molecular weight is 236 g/mol. The lowest BCUT2D eigenvalue weighted by Gasteiger charge is -2.47. The van der Waals surface area contributed by atoms with Gasteiger partial charge in [-0.25, -0.2) is 8.78 Å². The van der Waals surface area contributed by atoms with E-state index in [1.807, 2.05) is 0 Å². The zero-order chi connectivity index (χ0) is 12.0. The molecule has 1 aliphatic carbocycles. The predicted molar refractivity (Wildman–Crippen MR) is 49.0 cm³/mol. The first-order valence-corrected chi connectivity index (χ1v) is 5.12. The number of hydrogen-bond acceptors (Lipinski definition) is 4. The van der Waals surface area contributed by atoms with Crippen molar-refractivity contribution in [2.45, 2.75) is 30.8 Å². The highest BCUT2D eigenvalue weighted by atomic mass is 19.3. The van der Waals surface area contributed by atoms with Crippen molar-refractivity contribution in [3.63, 3.8) is 0 Å². The van der Waals surface area contributed by atoms with Crippen LogP contribution in [0.15, 0.2) is 0 Å². The van der Waals surface area contributed by atoms with E-state index in [1.54, 1.807) is 0 Å². The van der Waals surface area contributed by atoms with Crippen LogP contribution in [0.5, 0.6) is 0 Å². The minimum atomic E-state index is -2.92.